The Balaban J connectivity index is 1.20. The lowest BCUT2D eigenvalue weighted by molar-refractivity contribution is 0.352. The van der Waals surface area contributed by atoms with Crippen LogP contribution in [0.15, 0.2) is 60.8 Å². The minimum atomic E-state index is 0.408. The Kier molecular flexibility index (Phi) is 5.86. The van der Waals surface area contributed by atoms with Crippen molar-refractivity contribution < 1.29 is 0 Å². The van der Waals surface area contributed by atoms with Crippen LogP contribution in [0.5, 0.6) is 0 Å². The monoisotopic (exact) mass is 426 g/mol. The normalized spacial score (nSPS) is 18.7. The molecule has 1 saturated carbocycles. The maximum atomic E-state index is 4.80. The largest absolute Gasteiger partial charge is 0.362 e. The van der Waals surface area contributed by atoms with Crippen molar-refractivity contribution in [2.75, 3.05) is 24.3 Å². The van der Waals surface area contributed by atoms with Crippen LogP contribution in [-0.4, -0.2) is 41.1 Å². The number of nitrogens with one attached hydrogen (secondary N) is 2. The fourth-order valence-electron chi connectivity index (χ4n) is 4.65. The van der Waals surface area contributed by atoms with Crippen LogP contribution in [-0.2, 0) is 6.54 Å². The fraction of sp³-hybridized carbons (Fsp3) is 0.346. The van der Waals surface area contributed by atoms with Crippen molar-refractivity contribution in [1.82, 2.24) is 20.3 Å². The number of pyridine rings is 1. The highest BCUT2D eigenvalue weighted by Crippen LogP contribution is 2.26. The molecule has 2 aromatic heterocycles. The van der Waals surface area contributed by atoms with E-state index in [0.29, 0.717) is 12.1 Å². The smallest absolute Gasteiger partial charge is 0.225 e. The summed E-state index contributed by atoms with van der Waals surface area (Å²) in [5.74, 6) is 1.69. The van der Waals surface area contributed by atoms with E-state index in [0.717, 1.165) is 60.4 Å². The van der Waals surface area contributed by atoms with Gasteiger partial charge in [0.15, 0.2) is 0 Å². The maximum Gasteiger partial charge on any atom is 0.225 e. The maximum absolute atomic E-state index is 4.80. The van der Waals surface area contributed by atoms with Crippen LogP contribution in [0.4, 0.5) is 11.8 Å². The SMILES string of the molecule is CN(C)c1nc(NC2CCC(NCc3ccnc4ccccc34)CC2)nc2ccccc12. The molecule has 0 aliphatic heterocycles. The van der Waals surface area contributed by atoms with E-state index in [1.54, 1.807) is 0 Å². The zero-order valence-corrected chi connectivity index (χ0v) is 18.8. The second-order valence-corrected chi connectivity index (χ2v) is 8.84. The molecule has 32 heavy (non-hydrogen) atoms. The number of para-hydroxylation sites is 2. The van der Waals surface area contributed by atoms with Gasteiger partial charge >= 0.3 is 0 Å². The van der Waals surface area contributed by atoms with Crippen molar-refractivity contribution >= 4 is 33.6 Å². The molecular weight excluding hydrogens is 396 g/mol. The first-order valence-corrected chi connectivity index (χ1v) is 11.4. The van der Waals surface area contributed by atoms with E-state index in [2.05, 4.69) is 56.9 Å². The van der Waals surface area contributed by atoms with Crippen molar-refractivity contribution in [3.05, 3.63) is 66.4 Å². The highest BCUT2D eigenvalue weighted by molar-refractivity contribution is 5.90. The molecule has 0 atom stereocenters. The molecule has 1 aliphatic rings. The van der Waals surface area contributed by atoms with Gasteiger partial charge in [-0.3, -0.25) is 4.98 Å². The molecule has 6 heteroatoms. The van der Waals surface area contributed by atoms with Crippen LogP contribution in [0.2, 0.25) is 0 Å². The van der Waals surface area contributed by atoms with E-state index in [1.165, 1.54) is 10.9 Å². The molecule has 164 valence electrons. The summed E-state index contributed by atoms with van der Waals surface area (Å²) in [6.45, 7) is 0.881. The zero-order chi connectivity index (χ0) is 21.9. The molecule has 5 rings (SSSR count). The number of rotatable bonds is 6. The minimum Gasteiger partial charge on any atom is -0.362 e. The molecule has 0 saturated heterocycles. The molecule has 0 spiro atoms. The summed E-state index contributed by atoms with van der Waals surface area (Å²) in [6, 6.07) is 19.6. The molecule has 1 fully saturated rings. The van der Waals surface area contributed by atoms with E-state index >= 15 is 0 Å². The third-order valence-corrected chi connectivity index (χ3v) is 6.39. The number of fused-ring (bicyclic) bond motifs is 2. The molecule has 2 N–H and O–H groups in total. The molecule has 2 aromatic carbocycles. The number of anilines is 2. The zero-order valence-electron chi connectivity index (χ0n) is 18.8. The minimum absolute atomic E-state index is 0.408. The lowest BCUT2D eigenvalue weighted by Crippen LogP contribution is -2.37. The second-order valence-electron chi connectivity index (χ2n) is 8.84. The molecule has 0 bridgehead atoms. The summed E-state index contributed by atoms with van der Waals surface area (Å²) in [5, 5.41) is 9.69. The van der Waals surface area contributed by atoms with Gasteiger partial charge in [0.05, 0.1) is 11.0 Å². The van der Waals surface area contributed by atoms with Crippen molar-refractivity contribution in [2.45, 2.75) is 44.3 Å². The van der Waals surface area contributed by atoms with Crippen LogP contribution in [0.1, 0.15) is 31.2 Å². The Morgan fingerprint density at radius 3 is 2.28 bits per heavy atom. The van der Waals surface area contributed by atoms with Gasteiger partial charge in [0.25, 0.3) is 0 Å². The van der Waals surface area contributed by atoms with Crippen molar-refractivity contribution in [2.24, 2.45) is 0 Å². The van der Waals surface area contributed by atoms with Gasteiger partial charge in [-0.25, -0.2) is 4.98 Å². The Morgan fingerprint density at radius 1 is 0.812 bits per heavy atom. The summed E-state index contributed by atoms with van der Waals surface area (Å²) < 4.78 is 0. The van der Waals surface area contributed by atoms with Crippen molar-refractivity contribution in [3.63, 3.8) is 0 Å². The Bertz CT molecular complexity index is 1210. The first-order valence-electron chi connectivity index (χ1n) is 11.4. The Labute approximate surface area is 189 Å². The standard InChI is InChI=1S/C26H30N6/c1-32(2)25-22-8-4-6-10-24(22)30-26(31-25)29-20-13-11-19(12-14-20)28-17-18-15-16-27-23-9-5-3-7-21(18)23/h3-10,15-16,19-20,28H,11-14,17H2,1-2H3,(H,29,30,31). The number of aromatic nitrogens is 3. The number of hydrogen-bond donors (Lipinski definition) is 2. The van der Waals surface area contributed by atoms with Gasteiger partial charge in [-0.15, -0.1) is 0 Å². The molecule has 0 amide bonds. The highest BCUT2D eigenvalue weighted by Gasteiger charge is 2.22. The van der Waals surface area contributed by atoms with Crippen LogP contribution in [0.3, 0.4) is 0 Å². The van der Waals surface area contributed by atoms with E-state index in [9.17, 15) is 0 Å². The first kappa shape index (κ1) is 20.6. The molecule has 2 heterocycles. The molecule has 4 aromatic rings. The predicted molar refractivity (Wildman–Crippen MR) is 132 cm³/mol. The summed E-state index contributed by atoms with van der Waals surface area (Å²) in [7, 11) is 4.06. The molecular formula is C26H30N6. The van der Waals surface area contributed by atoms with Crippen LogP contribution in [0, 0.1) is 0 Å². The lowest BCUT2D eigenvalue weighted by atomic mass is 9.91. The van der Waals surface area contributed by atoms with Gasteiger partial charge in [-0.2, -0.15) is 4.98 Å². The summed E-state index contributed by atoms with van der Waals surface area (Å²) in [6.07, 6.45) is 6.43. The quantitative estimate of drug-likeness (QED) is 0.464. The Morgan fingerprint density at radius 2 is 1.50 bits per heavy atom. The van der Waals surface area contributed by atoms with Crippen molar-refractivity contribution in [3.8, 4) is 0 Å². The second kappa shape index (κ2) is 9.09. The van der Waals surface area contributed by atoms with Gasteiger partial charge < -0.3 is 15.5 Å². The fourth-order valence-corrected chi connectivity index (χ4v) is 4.65. The van der Waals surface area contributed by atoms with E-state index in [1.807, 2.05) is 38.5 Å². The van der Waals surface area contributed by atoms with Crippen LogP contribution < -0.4 is 15.5 Å². The number of nitrogens with zero attached hydrogens (tertiary/aromatic N) is 4. The highest BCUT2D eigenvalue weighted by atomic mass is 15.2. The van der Waals surface area contributed by atoms with Crippen LogP contribution in [0.25, 0.3) is 21.8 Å². The van der Waals surface area contributed by atoms with E-state index in [4.69, 9.17) is 9.97 Å². The Hall–Kier alpha value is -3.25. The van der Waals surface area contributed by atoms with Gasteiger partial charge in [0, 0.05) is 49.7 Å². The molecule has 1 aliphatic carbocycles. The average molecular weight is 427 g/mol. The number of benzene rings is 2. The van der Waals surface area contributed by atoms with Crippen LogP contribution >= 0.6 is 0 Å². The van der Waals surface area contributed by atoms with Gasteiger partial charge in [0.1, 0.15) is 5.82 Å². The van der Waals surface area contributed by atoms with Gasteiger partial charge in [0.2, 0.25) is 5.95 Å². The first-order chi connectivity index (χ1) is 15.7. The van der Waals surface area contributed by atoms with Gasteiger partial charge in [-0.05, 0) is 55.5 Å². The van der Waals surface area contributed by atoms with E-state index < -0.39 is 0 Å². The topological polar surface area (TPSA) is 66.0 Å². The third-order valence-electron chi connectivity index (χ3n) is 6.39. The average Bonchev–Trinajstić information content (AvgIpc) is 2.83. The predicted octanol–water partition coefficient (Wildman–Crippen LogP) is 4.76. The molecule has 0 radical (unpaired) electrons. The number of hydrogen-bond acceptors (Lipinski definition) is 6. The van der Waals surface area contributed by atoms with E-state index in [-0.39, 0.29) is 0 Å². The summed E-state index contributed by atoms with van der Waals surface area (Å²) >= 11 is 0. The van der Waals surface area contributed by atoms with Gasteiger partial charge in [-0.1, -0.05) is 30.3 Å². The third kappa shape index (κ3) is 4.36. The molecule has 0 unspecified atom stereocenters. The van der Waals surface area contributed by atoms with Crippen molar-refractivity contribution in [1.29, 1.82) is 0 Å². The molecule has 6 nitrogen and oxygen atoms in total. The lowest BCUT2D eigenvalue weighted by Gasteiger charge is -2.30. The summed E-state index contributed by atoms with van der Waals surface area (Å²) in [5.41, 5.74) is 3.36. The summed E-state index contributed by atoms with van der Waals surface area (Å²) in [4.78, 5) is 16.1.